The van der Waals surface area contributed by atoms with E-state index in [2.05, 4.69) is 69.8 Å². The molecule has 0 heterocycles. The van der Waals surface area contributed by atoms with Crippen molar-refractivity contribution in [1.29, 1.82) is 0 Å². The molecule has 1 N–H and O–H groups in total. The van der Waals surface area contributed by atoms with Crippen molar-refractivity contribution in [2.24, 2.45) is 0 Å². The van der Waals surface area contributed by atoms with E-state index in [-0.39, 0.29) is 0 Å². The van der Waals surface area contributed by atoms with Gasteiger partial charge in [0.05, 0.1) is 0 Å². The van der Waals surface area contributed by atoms with Crippen LogP contribution in [0.1, 0.15) is 5.56 Å². The van der Waals surface area contributed by atoms with E-state index in [0.717, 1.165) is 18.8 Å². The SMILES string of the molecule is Brc1ccccc1CNCCSc1ccccc1. The normalized spacial score (nSPS) is 10.5. The van der Waals surface area contributed by atoms with Gasteiger partial charge in [-0.15, -0.1) is 11.8 Å². The summed E-state index contributed by atoms with van der Waals surface area (Å²) < 4.78 is 1.17. The van der Waals surface area contributed by atoms with Crippen molar-refractivity contribution in [3.8, 4) is 0 Å². The molecule has 0 saturated carbocycles. The van der Waals surface area contributed by atoms with Gasteiger partial charge in [0.15, 0.2) is 0 Å². The van der Waals surface area contributed by atoms with Crippen LogP contribution in [0.15, 0.2) is 64.0 Å². The quantitative estimate of drug-likeness (QED) is 0.627. The Balaban J connectivity index is 1.66. The van der Waals surface area contributed by atoms with Gasteiger partial charge in [-0.25, -0.2) is 0 Å². The number of rotatable bonds is 6. The lowest BCUT2D eigenvalue weighted by Crippen LogP contribution is -2.16. The molecule has 0 atom stereocenters. The average Bonchev–Trinajstić information content (AvgIpc) is 2.42. The van der Waals surface area contributed by atoms with Gasteiger partial charge < -0.3 is 5.32 Å². The molecule has 18 heavy (non-hydrogen) atoms. The van der Waals surface area contributed by atoms with Crippen molar-refractivity contribution in [1.82, 2.24) is 5.32 Å². The highest BCUT2D eigenvalue weighted by atomic mass is 79.9. The smallest absolute Gasteiger partial charge is 0.0220 e. The zero-order chi connectivity index (χ0) is 12.6. The first-order valence-corrected chi connectivity index (χ1v) is 7.76. The molecule has 0 spiro atoms. The van der Waals surface area contributed by atoms with E-state index in [1.807, 2.05) is 17.8 Å². The summed E-state index contributed by atoms with van der Waals surface area (Å²) in [6.07, 6.45) is 0. The number of halogens is 1. The maximum Gasteiger partial charge on any atom is 0.0220 e. The van der Waals surface area contributed by atoms with E-state index in [9.17, 15) is 0 Å². The number of nitrogens with one attached hydrogen (secondary N) is 1. The fourth-order valence-corrected chi connectivity index (χ4v) is 2.88. The molecule has 0 saturated heterocycles. The van der Waals surface area contributed by atoms with Crippen molar-refractivity contribution in [3.05, 3.63) is 64.6 Å². The second-order valence-electron chi connectivity index (χ2n) is 3.93. The highest BCUT2D eigenvalue weighted by Gasteiger charge is 1.97. The van der Waals surface area contributed by atoms with E-state index in [1.165, 1.54) is 14.9 Å². The van der Waals surface area contributed by atoms with Crippen molar-refractivity contribution < 1.29 is 0 Å². The molecule has 0 unspecified atom stereocenters. The molecule has 0 amide bonds. The first-order chi connectivity index (χ1) is 8.86. The van der Waals surface area contributed by atoms with Crippen LogP contribution in [-0.2, 0) is 6.54 Å². The Morgan fingerprint density at radius 3 is 2.44 bits per heavy atom. The Kier molecular flexibility index (Phi) is 5.78. The average molecular weight is 322 g/mol. The van der Waals surface area contributed by atoms with Crippen LogP contribution in [0.5, 0.6) is 0 Å². The lowest BCUT2D eigenvalue weighted by atomic mass is 10.2. The number of hydrogen-bond acceptors (Lipinski definition) is 2. The predicted molar refractivity (Wildman–Crippen MR) is 83.0 cm³/mol. The minimum atomic E-state index is 0.913. The molecule has 0 fully saturated rings. The van der Waals surface area contributed by atoms with Crippen LogP contribution in [-0.4, -0.2) is 12.3 Å². The van der Waals surface area contributed by atoms with Crippen LogP contribution >= 0.6 is 27.7 Å². The summed E-state index contributed by atoms with van der Waals surface area (Å²) in [6.45, 7) is 1.93. The summed E-state index contributed by atoms with van der Waals surface area (Å²) in [5.41, 5.74) is 1.31. The van der Waals surface area contributed by atoms with Crippen LogP contribution in [0.4, 0.5) is 0 Å². The fourth-order valence-electron chi connectivity index (χ4n) is 1.62. The minimum Gasteiger partial charge on any atom is -0.312 e. The van der Waals surface area contributed by atoms with Crippen molar-refractivity contribution in [3.63, 3.8) is 0 Å². The molecule has 2 aromatic rings. The van der Waals surface area contributed by atoms with Gasteiger partial charge in [0.25, 0.3) is 0 Å². The minimum absolute atomic E-state index is 0.913. The Bertz CT molecular complexity index is 473. The first kappa shape index (κ1) is 13.7. The van der Waals surface area contributed by atoms with Gasteiger partial charge in [-0.2, -0.15) is 0 Å². The van der Waals surface area contributed by atoms with E-state index < -0.39 is 0 Å². The van der Waals surface area contributed by atoms with Crippen LogP contribution in [0.2, 0.25) is 0 Å². The molecule has 0 bridgehead atoms. The Morgan fingerprint density at radius 1 is 0.944 bits per heavy atom. The van der Waals surface area contributed by atoms with Crippen LogP contribution < -0.4 is 5.32 Å². The number of hydrogen-bond donors (Lipinski definition) is 1. The molecule has 0 aliphatic carbocycles. The molecule has 94 valence electrons. The highest BCUT2D eigenvalue weighted by Crippen LogP contribution is 2.17. The summed E-state index contributed by atoms with van der Waals surface area (Å²) in [4.78, 5) is 1.33. The third-order valence-corrected chi connectivity index (χ3v) is 4.35. The predicted octanol–water partition coefficient (Wildman–Crippen LogP) is 4.33. The molecule has 0 aliphatic heterocycles. The highest BCUT2D eigenvalue weighted by molar-refractivity contribution is 9.10. The number of thioether (sulfide) groups is 1. The molecule has 3 heteroatoms. The van der Waals surface area contributed by atoms with Gasteiger partial charge in [0.2, 0.25) is 0 Å². The maximum absolute atomic E-state index is 3.56. The second-order valence-corrected chi connectivity index (χ2v) is 5.95. The van der Waals surface area contributed by atoms with Gasteiger partial charge >= 0.3 is 0 Å². The summed E-state index contributed by atoms with van der Waals surface area (Å²) in [7, 11) is 0. The van der Waals surface area contributed by atoms with Gasteiger partial charge in [-0.3, -0.25) is 0 Å². The molecule has 2 rings (SSSR count). The molecular formula is C15H16BrNS. The Labute approximate surface area is 121 Å². The Morgan fingerprint density at radius 2 is 1.67 bits per heavy atom. The standard InChI is InChI=1S/C15H16BrNS/c16-15-9-5-4-6-13(15)12-17-10-11-18-14-7-2-1-3-8-14/h1-9,17H,10-12H2. The monoisotopic (exact) mass is 321 g/mol. The molecule has 0 aliphatic rings. The molecule has 0 radical (unpaired) electrons. The molecule has 1 nitrogen and oxygen atoms in total. The lowest BCUT2D eigenvalue weighted by Gasteiger charge is -2.06. The van der Waals surface area contributed by atoms with Crippen LogP contribution in [0, 0.1) is 0 Å². The Hall–Kier alpha value is -0.770. The van der Waals surface area contributed by atoms with Gasteiger partial charge in [0, 0.05) is 28.2 Å². The summed E-state index contributed by atoms with van der Waals surface area (Å²) >= 11 is 5.44. The first-order valence-electron chi connectivity index (χ1n) is 5.98. The summed E-state index contributed by atoms with van der Waals surface area (Å²) in [6, 6.07) is 18.8. The maximum atomic E-state index is 3.56. The summed E-state index contributed by atoms with van der Waals surface area (Å²) in [5.74, 6) is 1.09. The van der Waals surface area contributed by atoms with Crippen LogP contribution in [0.3, 0.4) is 0 Å². The largest absolute Gasteiger partial charge is 0.312 e. The molecular weight excluding hydrogens is 306 g/mol. The van der Waals surface area contributed by atoms with E-state index in [0.29, 0.717) is 0 Å². The second kappa shape index (κ2) is 7.62. The van der Waals surface area contributed by atoms with Crippen molar-refractivity contribution in [2.45, 2.75) is 11.4 Å². The topological polar surface area (TPSA) is 12.0 Å². The van der Waals surface area contributed by atoms with E-state index in [4.69, 9.17) is 0 Å². The van der Waals surface area contributed by atoms with E-state index >= 15 is 0 Å². The van der Waals surface area contributed by atoms with Crippen molar-refractivity contribution in [2.75, 3.05) is 12.3 Å². The van der Waals surface area contributed by atoms with Crippen LogP contribution in [0.25, 0.3) is 0 Å². The molecule has 2 aromatic carbocycles. The summed E-state index contributed by atoms with van der Waals surface area (Å²) in [5, 5.41) is 3.46. The zero-order valence-corrected chi connectivity index (χ0v) is 12.5. The number of benzene rings is 2. The fraction of sp³-hybridized carbons (Fsp3) is 0.200. The third kappa shape index (κ3) is 4.48. The lowest BCUT2D eigenvalue weighted by molar-refractivity contribution is 0.730. The van der Waals surface area contributed by atoms with Gasteiger partial charge in [-0.1, -0.05) is 52.3 Å². The van der Waals surface area contributed by atoms with Gasteiger partial charge in [0.1, 0.15) is 0 Å². The zero-order valence-electron chi connectivity index (χ0n) is 10.1. The van der Waals surface area contributed by atoms with Gasteiger partial charge in [-0.05, 0) is 23.8 Å². The third-order valence-electron chi connectivity index (χ3n) is 2.56. The molecule has 0 aromatic heterocycles. The van der Waals surface area contributed by atoms with Crippen molar-refractivity contribution >= 4 is 27.7 Å². The van der Waals surface area contributed by atoms with E-state index in [1.54, 1.807) is 0 Å².